The third kappa shape index (κ3) is 2.54. The zero-order valence-corrected chi connectivity index (χ0v) is 11.8. The van der Waals surface area contributed by atoms with E-state index in [4.69, 9.17) is 5.11 Å². The predicted octanol–water partition coefficient (Wildman–Crippen LogP) is 1.61. The maximum absolute atomic E-state index is 11.8. The molecule has 0 aromatic rings. The molecule has 0 atom stereocenters. The Labute approximate surface area is 119 Å². The Morgan fingerprint density at radius 1 is 1.10 bits per heavy atom. The van der Waals surface area contributed by atoms with Crippen LogP contribution < -0.4 is 0 Å². The number of rotatable bonds is 2. The van der Waals surface area contributed by atoms with Crippen molar-refractivity contribution in [1.82, 2.24) is 4.90 Å². The zero-order valence-electron chi connectivity index (χ0n) is 11.8. The van der Waals surface area contributed by atoms with E-state index < -0.39 is 5.97 Å². The van der Waals surface area contributed by atoms with Gasteiger partial charge in [0.1, 0.15) is 6.54 Å². The van der Waals surface area contributed by atoms with Crippen LogP contribution in [-0.4, -0.2) is 35.5 Å². The fourth-order valence-electron chi connectivity index (χ4n) is 4.68. The molecule has 4 fully saturated rings. The van der Waals surface area contributed by atoms with Crippen LogP contribution in [0.2, 0.25) is 0 Å². The highest BCUT2D eigenvalue weighted by atomic mass is 16.4. The van der Waals surface area contributed by atoms with Gasteiger partial charge in [-0.05, 0) is 61.7 Å². The van der Waals surface area contributed by atoms with E-state index in [0.29, 0.717) is 17.8 Å². The first kappa shape index (κ1) is 13.5. The molecule has 0 aliphatic heterocycles. The number of likely N-dealkylation sites (N-methyl/N-ethyl adjacent to an activating group) is 1. The van der Waals surface area contributed by atoms with Crippen molar-refractivity contribution in [3.63, 3.8) is 0 Å². The maximum atomic E-state index is 11.8. The van der Waals surface area contributed by atoms with Crippen molar-refractivity contribution >= 4 is 11.9 Å². The van der Waals surface area contributed by atoms with Gasteiger partial charge in [0.15, 0.2) is 0 Å². The molecule has 4 nitrogen and oxygen atoms in total. The Morgan fingerprint density at radius 2 is 1.65 bits per heavy atom. The van der Waals surface area contributed by atoms with E-state index >= 15 is 0 Å². The molecule has 4 rings (SSSR count). The number of carbonyl (C=O) groups excluding carboxylic acids is 1. The molecule has 20 heavy (non-hydrogen) atoms. The summed E-state index contributed by atoms with van der Waals surface area (Å²) in [6, 6.07) is 0. The Balaban J connectivity index is 1.65. The van der Waals surface area contributed by atoms with Gasteiger partial charge >= 0.3 is 5.97 Å². The van der Waals surface area contributed by atoms with E-state index in [1.807, 2.05) is 0 Å². The van der Waals surface area contributed by atoms with Crippen molar-refractivity contribution in [2.24, 2.45) is 29.6 Å². The minimum absolute atomic E-state index is 0.283. The lowest BCUT2D eigenvalue weighted by atomic mass is 9.52. The van der Waals surface area contributed by atoms with Gasteiger partial charge in [-0.3, -0.25) is 9.59 Å². The highest BCUT2D eigenvalue weighted by Crippen LogP contribution is 2.56. The molecule has 1 N–H and O–H groups in total. The minimum Gasteiger partial charge on any atom is -0.480 e. The average molecular weight is 275 g/mol. The normalized spacial score (nSPS) is 37.1. The summed E-state index contributed by atoms with van der Waals surface area (Å²) in [6.07, 6.45) is 6.54. The third-order valence-corrected chi connectivity index (χ3v) is 5.29. The molecule has 0 aromatic heterocycles. The molecule has 4 aliphatic rings. The van der Waals surface area contributed by atoms with Gasteiger partial charge in [0, 0.05) is 13.0 Å². The van der Waals surface area contributed by atoms with Gasteiger partial charge in [-0.25, -0.2) is 0 Å². The minimum atomic E-state index is -1.00. The SMILES string of the molecule is CN(CC(=O)O)C(=O)C#CC1C2CC3CC(C2)CC1C3. The number of nitrogens with zero attached hydrogens (tertiary/aromatic N) is 1. The van der Waals surface area contributed by atoms with Crippen LogP contribution in [0.1, 0.15) is 32.1 Å². The summed E-state index contributed by atoms with van der Waals surface area (Å²) >= 11 is 0. The van der Waals surface area contributed by atoms with Crippen molar-refractivity contribution in [3.05, 3.63) is 0 Å². The zero-order chi connectivity index (χ0) is 14.3. The number of amides is 1. The fourth-order valence-corrected chi connectivity index (χ4v) is 4.68. The molecule has 0 heterocycles. The molecule has 0 radical (unpaired) electrons. The average Bonchev–Trinajstić information content (AvgIpc) is 2.35. The van der Waals surface area contributed by atoms with E-state index in [9.17, 15) is 9.59 Å². The smallest absolute Gasteiger partial charge is 0.323 e. The molecule has 0 aromatic carbocycles. The van der Waals surface area contributed by atoms with E-state index in [1.165, 1.54) is 44.1 Å². The molecular formula is C16H21NO3. The monoisotopic (exact) mass is 275 g/mol. The van der Waals surface area contributed by atoms with E-state index in [2.05, 4.69) is 11.8 Å². The lowest BCUT2D eigenvalue weighted by molar-refractivity contribution is -0.141. The van der Waals surface area contributed by atoms with Crippen LogP contribution in [0, 0.1) is 41.4 Å². The summed E-state index contributed by atoms with van der Waals surface area (Å²) in [7, 11) is 1.49. The van der Waals surface area contributed by atoms with Gasteiger partial charge < -0.3 is 10.0 Å². The molecule has 0 saturated heterocycles. The van der Waals surface area contributed by atoms with Gasteiger partial charge in [-0.2, -0.15) is 0 Å². The lowest BCUT2D eigenvalue weighted by Crippen LogP contribution is -2.44. The van der Waals surface area contributed by atoms with Crippen LogP contribution >= 0.6 is 0 Å². The Kier molecular flexibility index (Phi) is 3.45. The second-order valence-corrected chi connectivity index (χ2v) is 6.78. The van der Waals surface area contributed by atoms with Crippen LogP contribution in [0.4, 0.5) is 0 Å². The van der Waals surface area contributed by atoms with Crippen molar-refractivity contribution in [1.29, 1.82) is 0 Å². The van der Waals surface area contributed by atoms with Crippen molar-refractivity contribution in [2.75, 3.05) is 13.6 Å². The standard InChI is InChI=1S/C16H21NO3/c1-17(9-16(19)20)15(18)3-2-14-12-5-10-4-11(7-12)8-13(14)6-10/h10-14H,4-9H2,1H3,(H,19,20). The lowest BCUT2D eigenvalue weighted by Gasteiger charge is -2.52. The van der Waals surface area contributed by atoms with Crippen molar-refractivity contribution in [3.8, 4) is 11.8 Å². The summed E-state index contributed by atoms with van der Waals surface area (Å²) in [6.45, 7) is -0.283. The molecule has 4 saturated carbocycles. The summed E-state index contributed by atoms with van der Waals surface area (Å²) in [5, 5.41) is 8.67. The van der Waals surface area contributed by atoms with E-state index in [0.717, 1.165) is 11.8 Å². The van der Waals surface area contributed by atoms with Crippen LogP contribution in [0.15, 0.2) is 0 Å². The van der Waals surface area contributed by atoms with Crippen LogP contribution in [0.3, 0.4) is 0 Å². The highest BCUT2D eigenvalue weighted by molar-refractivity contribution is 5.95. The number of carboxylic acid groups (broad SMARTS) is 1. The largest absolute Gasteiger partial charge is 0.480 e. The molecule has 4 heteroatoms. The fraction of sp³-hybridized carbons (Fsp3) is 0.750. The first-order valence-electron chi connectivity index (χ1n) is 7.51. The highest BCUT2D eigenvalue weighted by Gasteiger charge is 2.47. The van der Waals surface area contributed by atoms with E-state index in [1.54, 1.807) is 0 Å². The number of hydrogen-bond donors (Lipinski definition) is 1. The molecule has 108 valence electrons. The molecule has 4 bridgehead atoms. The predicted molar refractivity (Wildman–Crippen MR) is 73.6 cm³/mol. The quantitative estimate of drug-likeness (QED) is 0.779. The summed E-state index contributed by atoms with van der Waals surface area (Å²) < 4.78 is 0. The van der Waals surface area contributed by atoms with Crippen LogP contribution in [0.5, 0.6) is 0 Å². The molecular weight excluding hydrogens is 254 g/mol. The number of carbonyl (C=O) groups is 2. The van der Waals surface area contributed by atoms with Crippen molar-refractivity contribution in [2.45, 2.75) is 32.1 Å². The van der Waals surface area contributed by atoms with Gasteiger partial charge in [0.25, 0.3) is 5.91 Å². The second kappa shape index (κ2) is 5.12. The molecule has 1 amide bonds. The van der Waals surface area contributed by atoms with Gasteiger partial charge in [0.05, 0.1) is 0 Å². The van der Waals surface area contributed by atoms with Gasteiger partial charge in [-0.15, -0.1) is 0 Å². The topological polar surface area (TPSA) is 57.6 Å². The Morgan fingerprint density at radius 3 is 2.15 bits per heavy atom. The van der Waals surface area contributed by atoms with Crippen molar-refractivity contribution < 1.29 is 14.7 Å². The number of hydrogen-bond acceptors (Lipinski definition) is 2. The molecule has 0 spiro atoms. The summed E-state index contributed by atoms with van der Waals surface area (Å²) in [5.41, 5.74) is 0. The van der Waals surface area contributed by atoms with E-state index in [-0.39, 0.29) is 12.5 Å². The summed E-state index contributed by atoms with van der Waals surface area (Å²) in [4.78, 5) is 23.6. The number of aliphatic carboxylic acids is 1. The van der Waals surface area contributed by atoms with Gasteiger partial charge in [-0.1, -0.05) is 5.92 Å². The molecule has 4 aliphatic carbocycles. The maximum Gasteiger partial charge on any atom is 0.323 e. The summed E-state index contributed by atoms with van der Waals surface area (Å²) in [5.74, 6) is 8.02. The first-order valence-corrected chi connectivity index (χ1v) is 7.51. The van der Waals surface area contributed by atoms with Crippen LogP contribution in [-0.2, 0) is 9.59 Å². The first-order chi connectivity index (χ1) is 9.52. The third-order valence-electron chi connectivity index (χ3n) is 5.29. The molecule has 0 unspecified atom stereocenters. The Hall–Kier alpha value is -1.50. The van der Waals surface area contributed by atoms with Gasteiger partial charge in [0.2, 0.25) is 0 Å². The van der Waals surface area contributed by atoms with Crippen LogP contribution in [0.25, 0.3) is 0 Å². The second-order valence-electron chi connectivity index (χ2n) is 6.78. The Bertz CT molecular complexity index is 460. The number of carboxylic acids is 1.